The molecule has 0 radical (unpaired) electrons. The van der Waals surface area contributed by atoms with Crippen molar-refractivity contribution >= 4 is 5.69 Å². The van der Waals surface area contributed by atoms with Crippen molar-refractivity contribution in [3.63, 3.8) is 0 Å². The van der Waals surface area contributed by atoms with Crippen LogP contribution in [0.1, 0.15) is 23.1 Å². The molecule has 3 nitrogen and oxygen atoms in total. The van der Waals surface area contributed by atoms with Gasteiger partial charge in [0.2, 0.25) is 0 Å². The highest BCUT2D eigenvalue weighted by Gasteiger charge is 2.19. The average molecular weight is 244 g/mol. The number of aryl methyl sites for hydroxylation is 1. The summed E-state index contributed by atoms with van der Waals surface area (Å²) in [6.07, 6.45) is 0. The molecule has 0 saturated carbocycles. The van der Waals surface area contributed by atoms with Crippen LogP contribution < -0.4 is 5.32 Å². The van der Waals surface area contributed by atoms with Gasteiger partial charge in [0.05, 0.1) is 6.04 Å². The van der Waals surface area contributed by atoms with Gasteiger partial charge in [0, 0.05) is 12.7 Å². The maximum atomic E-state index is 5.77. The Morgan fingerprint density at radius 2 is 1.94 bits per heavy atom. The fourth-order valence-electron chi connectivity index (χ4n) is 2.18. The second kappa shape index (κ2) is 5.27. The molecule has 1 heterocycles. The van der Waals surface area contributed by atoms with Crippen LogP contribution >= 0.6 is 0 Å². The monoisotopic (exact) mass is 244 g/mol. The molecule has 0 bridgehead atoms. The highest BCUT2D eigenvalue weighted by molar-refractivity contribution is 5.47. The van der Waals surface area contributed by atoms with Crippen molar-refractivity contribution in [1.29, 1.82) is 0 Å². The molecule has 2 rings (SSSR count). The molecule has 1 aromatic carbocycles. The maximum absolute atomic E-state index is 5.77. The fraction of sp³-hybridized carbons (Fsp3) is 0.333. The third-order valence-electron chi connectivity index (χ3n) is 3.04. The number of furan rings is 1. The first-order valence-corrected chi connectivity index (χ1v) is 6.12. The highest BCUT2D eigenvalue weighted by Crippen LogP contribution is 2.29. The van der Waals surface area contributed by atoms with Crippen molar-refractivity contribution in [3.05, 3.63) is 53.5 Å². The first kappa shape index (κ1) is 12.7. The lowest BCUT2D eigenvalue weighted by atomic mass is 10.0. The predicted molar refractivity (Wildman–Crippen MR) is 75.0 cm³/mol. The van der Waals surface area contributed by atoms with E-state index < -0.39 is 0 Å². The summed E-state index contributed by atoms with van der Waals surface area (Å²) in [6, 6.07) is 12.6. The summed E-state index contributed by atoms with van der Waals surface area (Å²) < 4.78 is 5.77. The highest BCUT2D eigenvalue weighted by atomic mass is 16.3. The molecule has 1 aromatic heterocycles. The van der Waals surface area contributed by atoms with Gasteiger partial charge in [0.25, 0.3) is 0 Å². The molecule has 2 aromatic rings. The summed E-state index contributed by atoms with van der Waals surface area (Å²) in [6.45, 7) is 1.97. The molecule has 96 valence electrons. The van der Waals surface area contributed by atoms with E-state index in [0.717, 1.165) is 17.2 Å². The summed E-state index contributed by atoms with van der Waals surface area (Å²) in [4.78, 5) is 2.16. The second-order valence-electron chi connectivity index (χ2n) is 4.69. The van der Waals surface area contributed by atoms with Crippen molar-refractivity contribution in [3.8, 4) is 0 Å². The van der Waals surface area contributed by atoms with Gasteiger partial charge in [-0.25, -0.2) is 0 Å². The predicted octanol–water partition coefficient (Wildman–Crippen LogP) is 3.28. The summed E-state index contributed by atoms with van der Waals surface area (Å²) in [5, 5.41) is 3.17. The van der Waals surface area contributed by atoms with Crippen molar-refractivity contribution in [2.24, 2.45) is 0 Å². The average Bonchev–Trinajstić information content (AvgIpc) is 2.75. The van der Waals surface area contributed by atoms with Gasteiger partial charge in [0.1, 0.15) is 11.5 Å². The van der Waals surface area contributed by atoms with Crippen LogP contribution in [0.4, 0.5) is 5.69 Å². The molecule has 3 heteroatoms. The topological polar surface area (TPSA) is 28.4 Å². The molecule has 18 heavy (non-hydrogen) atoms. The lowest BCUT2D eigenvalue weighted by Crippen LogP contribution is -2.20. The van der Waals surface area contributed by atoms with Crippen LogP contribution in [-0.2, 0) is 0 Å². The third-order valence-corrected chi connectivity index (χ3v) is 3.04. The Morgan fingerprint density at radius 1 is 1.17 bits per heavy atom. The minimum atomic E-state index is 0.145. The molecule has 0 spiro atoms. The minimum Gasteiger partial charge on any atom is -0.464 e. The van der Waals surface area contributed by atoms with Crippen molar-refractivity contribution < 1.29 is 4.42 Å². The van der Waals surface area contributed by atoms with E-state index in [1.54, 1.807) is 0 Å². The Labute approximate surface area is 108 Å². The quantitative estimate of drug-likeness (QED) is 0.894. The molecule has 1 N–H and O–H groups in total. The van der Waals surface area contributed by atoms with Gasteiger partial charge < -0.3 is 9.73 Å². The first-order chi connectivity index (χ1) is 8.61. The number of anilines is 1. The SMILES string of the molecule is CNc1cccc(C(c2ccc(C)o2)N(C)C)c1. The maximum Gasteiger partial charge on any atom is 0.125 e. The third kappa shape index (κ3) is 2.57. The van der Waals surface area contributed by atoms with E-state index in [1.165, 1.54) is 5.56 Å². The number of nitrogens with one attached hydrogen (secondary N) is 1. The number of benzene rings is 1. The second-order valence-corrected chi connectivity index (χ2v) is 4.69. The van der Waals surface area contributed by atoms with Gasteiger partial charge in [-0.3, -0.25) is 4.90 Å². The van der Waals surface area contributed by atoms with Crippen LogP contribution in [0.5, 0.6) is 0 Å². The first-order valence-electron chi connectivity index (χ1n) is 6.12. The molecule has 1 unspecified atom stereocenters. The van der Waals surface area contributed by atoms with E-state index in [-0.39, 0.29) is 6.04 Å². The van der Waals surface area contributed by atoms with Crippen LogP contribution in [0.25, 0.3) is 0 Å². The van der Waals surface area contributed by atoms with E-state index in [2.05, 4.69) is 48.6 Å². The Bertz CT molecular complexity index is 517. The molecule has 0 aliphatic heterocycles. The molecule has 0 saturated heterocycles. The van der Waals surface area contributed by atoms with Crippen LogP contribution in [-0.4, -0.2) is 26.0 Å². The fourth-order valence-corrected chi connectivity index (χ4v) is 2.18. The standard InChI is InChI=1S/C15H20N2O/c1-11-8-9-14(18-11)15(17(3)4)12-6-5-7-13(10-12)16-2/h5-10,15-16H,1-4H3. The number of rotatable bonds is 4. The van der Waals surface area contributed by atoms with Crippen molar-refractivity contribution in [2.45, 2.75) is 13.0 Å². The van der Waals surface area contributed by atoms with E-state index in [4.69, 9.17) is 4.42 Å². The Hall–Kier alpha value is -1.74. The van der Waals surface area contributed by atoms with Crippen LogP contribution in [0.15, 0.2) is 40.8 Å². The largest absolute Gasteiger partial charge is 0.464 e. The van der Waals surface area contributed by atoms with Gasteiger partial charge >= 0.3 is 0 Å². The van der Waals surface area contributed by atoms with Gasteiger partial charge in [-0.15, -0.1) is 0 Å². The molecule has 0 fully saturated rings. The summed E-state index contributed by atoms with van der Waals surface area (Å²) >= 11 is 0. The number of hydrogen-bond donors (Lipinski definition) is 1. The minimum absolute atomic E-state index is 0.145. The Balaban J connectivity index is 2.41. The van der Waals surface area contributed by atoms with E-state index in [0.29, 0.717) is 0 Å². The van der Waals surface area contributed by atoms with Gasteiger partial charge in [-0.1, -0.05) is 12.1 Å². The van der Waals surface area contributed by atoms with Gasteiger partial charge in [0.15, 0.2) is 0 Å². The molecule has 0 amide bonds. The van der Waals surface area contributed by atoms with Crippen molar-refractivity contribution in [2.75, 3.05) is 26.5 Å². The zero-order valence-electron chi connectivity index (χ0n) is 11.4. The molecule has 1 atom stereocenters. The molecular weight excluding hydrogens is 224 g/mol. The Morgan fingerprint density at radius 3 is 2.50 bits per heavy atom. The van der Waals surface area contributed by atoms with E-state index in [9.17, 15) is 0 Å². The lowest BCUT2D eigenvalue weighted by Gasteiger charge is -2.23. The lowest BCUT2D eigenvalue weighted by molar-refractivity contribution is 0.293. The summed E-state index contributed by atoms with van der Waals surface area (Å²) in [5.74, 6) is 1.92. The smallest absolute Gasteiger partial charge is 0.125 e. The van der Waals surface area contributed by atoms with Crippen LogP contribution in [0.3, 0.4) is 0 Å². The molecule has 0 aliphatic rings. The normalized spacial score (nSPS) is 12.7. The van der Waals surface area contributed by atoms with Crippen molar-refractivity contribution in [1.82, 2.24) is 4.90 Å². The molecular formula is C15H20N2O. The summed E-state index contributed by atoms with van der Waals surface area (Å²) in [5.41, 5.74) is 2.34. The molecule has 0 aliphatic carbocycles. The Kier molecular flexibility index (Phi) is 3.72. The van der Waals surface area contributed by atoms with E-state index >= 15 is 0 Å². The number of nitrogens with zero attached hydrogens (tertiary/aromatic N) is 1. The van der Waals surface area contributed by atoms with Gasteiger partial charge in [-0.05, 0) is 50.8 Å². The summed E-state index contributed by atoms with van der Waals surface area (Å²) in [7, 11) is 6.06. The van der Waals surface area contributed by atoms with Crippen LogP contribution in [0.2, 0.25) is 0 Å². The number of hydrogen-bond acceptors (Lipinski definition) is 3. The van der Waals surface area contributed by atoms with Gasteiger partial charge in [-0.2, -0.15) is 0 Å². The van der Waals surface area contributed by atoms with Crippen LogP contribution in [0, 0.1) is 6.92 Å². The van der Waals surface area contributed by atoms with E-state index in [1.807, 2.05) is 26.1 Å². The zero-order chi connectivity index (χ0) is 13.1. The zero-order valence-corrected chi connectivity index (χ0v) is 11.4.